The second-order valence-electron chi connectivity index (χ2n) is 4.15. The molecule has 1 aromatic heterocycles. The van der Waals surface area contributed by atoms with E-state index in [1.807, 2.05) is 0 Å². The van der Waals surface area contributed by atoms with Gasteiger partial charge in [0.25, 0.3) is 0 Å². The van der Waals surface area contributed by atoms with Crippen molar-refractivity contribution in [3.8, 4) is 0 Å². The summed E-state index contributed by atoms with van der Waals surface area (Å²) in [5.41, 5.74) is 0.586. The zero-order valence-electron chi connectivity index (χ0n) is 10.4. The van der Waals surface area contributed by atoms with Crippen molar-refractivity contribution >= 4 is 17.3 Å². The van der Waals surface area contributed by atoms with Crippen molar-refractivity contribution in [1.82, 2.24) is 4.57 Å². The van der Waals surface area contributed by atoms with Gasteiger partial charge in [0.15, 0.2) is 0 Å². The first-order chi connectivity index (χ1) is 8.07. The highest BCUT2D eigenvalue weighted by molar-refractivity contribution is 7.11. The monoisotopic (exact) mass is 257 g/mol. The van der Waals surface area contributed by atoms with Gasteiger partial charge in [0.2, 0.25) is 0 Å². The molecular weight excluding hydrogens is 238 g/mol. The second kappa shape index (κ2) is 6.59. The fraction of sp³-hybridized carbons (Fsp3) is 0.667. The van der Waals surface area contributed by atoms with Gasteiger partial charge in [-0.15, -0.1) is 0 Å². The van der Waals surface area contributed by atoms with Gasteiger partial charge >= 0.3 is 10.8 Å². The van der Waals surface area contributed by atoms with Crippen LogP contribution in [-0.4, -0.2) is 15.6 Å². The van der Waals surface area contributed by atoms with Crippen LogP contribution in [0.25, 0.3) is 0 Å². The Morgan fingerprint density at radius 2 is 1.94 bits per heavy atom. The topological polar surface area (TPSA) is 59.3 Å². The van der Waals surface area contributed by atoms with Crippen LogP contribution in [0.5, 0.6) is 0 Å². The van der Waals surface area contributed by atoms with Crippen LogP contribution >= 0.6 is 11.3 Å². The Balaban J connectivity index is 2.59. The second-order valence-corrected chi connectivity index (χ2v) is 5.12. The van der Waals surface area contributed by atoms with E-state index in [-0.39, 0.29) is 9.75 Å². The first-order valence-corrected chi connectivity index (χ1v) is 6.83. The summed E-state index contributed by atoms with van der Waals surface area (Å²) >= 11 is 0.825. The van der Waals surface area contributed by atoms with Gasteiger partial charge in [-0.3, -0.25) is 4.79 Å². The van der Waals surface area contributed by atoms with Gasteiger partial charge in [-0.25, -0.2) is 4.79 Å². The first kappa shape index (κ1) is 14.0. The average Bonchev–Trinajstić information content (AvgIpc) is 2.56. The summed E-state index contributed by atoms with van der Waals surface area (Å²) in [6.07, 6.45) is 5.63. The number of rotatable bonds is 7. The van der Waals surface area contributed by atoms with Crippen LogP contribution < -0.4 is 4.87 Å². The zero-order valence-corrected chi connectivity index (χ0v) is 11.2. The minimum Gasteiger partial charge on any atom is -0.477 e. The lowest BCUT2D eigenvalue weighted by molar-refractivity contribution is 0.0700. The third-order valence-electron chi connectivity index (χ3n) is 2.82. The zero-order chi connectivity index (χ0) is 12.8. The van der Waals surface area contributed by atoms with Crippen molar-refractivity contribution in [2.45, 2.75) is 52.5 Å². The van der Waals surface area contributed by atoms with E-state index in [0.29, 0.717) is 12.2 Å². The van der Waals surface area contributed by atoms with Crippen molar-refractivity contribution in [3.05, 3.63) is 20.2 Å². The van der Waals surface area contributed by atoms with Gasteiger partial charge in [0.1, 0.15) is 4.88 Å². The van der Waals surface area contributed by atoms with E-state index >= 15 is 0 Å². The Morgan fingerprint density at radius 1 is 1.29 bits per heavy atom. The minimum atomic E-state index is -1.01. The molecule has 0 aliphatic heterocycles. The smallest absolute Gasteiger partial charge is 0.347 e. The molecule has 96 valence electrons. The molecular formula is C12H19NO3S. The van der Waals surface area contributed by atoms with Crippen molar-refractivity contribution in [3.63, 3.8) is 0 Å². The average molecular weight is 257 g/mol. The summed E-state index contributed by atoms with van der Waals surface area (Å²) in [5.74, 6) is -1.01. The Kier molecular flexibility index (Phi) is 5.41. The molecule has 4 nitrogen and oxygen atoms in total. The molecule has 0 aromatic carbocycles. The molecule has 0 bridgehead atoms. The molecule has 0 unspecified atom stereocenters. The van der Waals surface area contributed by atoms with Crippen LogP contribution in [0, 0.1) is 6.92 Å². The molecule has 0 amide bonds. The maximum absolute atomic E-state index is 11.6. The van der Waals surface area contributed by atoms with Crippen LogP contribution in [0.4, 0.5) is 0 Å². The third-order valence-corrected chi connectivity index (χ3v) is 3.89. The number of hydrogen-bond acceptors (Lipinski definition) is 3. The van der Waals surface area contributed by atoms with Gasteiger partial charge in [0.05, 0.1) is 0 Å². The number of carboxylic acids is 1. The van der Waals surface area contributed by atoms with Gasteiger partial charge in [-0.2, -0.15) is 0 Å². The summed E-state index contributed by atoms with van der Waals surface area (Å²) < 4.78 is 1.58. The van der Waals surface area contributed by atoms with Crippen LogP contribution in [0.3, 0.4) is 0 Å². The molecule has 0 radical (unpaired) electrons. The molecule has 0 saturated heterocycles. The molecule has 0 fully saturated rings. The number of carboxylic acid groups (broad SMARTS) is 1. The number of aromatic nitrogens is 1. The number of thiazole rings is 1. The predicted molar refractivity (Wildman–Crippen MR) is 69.0 cm³/mol. The fourth-order valence-electron chi connectivity index (χ4n) is 1.81. The predicted octanol–water partition coefficient (Wildman–Crippen LogP) is 2.89. The molecule has 5 heteroatoms. The highest BCUT2D eigenvalue weighted by Crippen LogP contribution is 2.13. The van der Waals surface area contributed by atoms with Crippen LogP contribution in [0.2, 0.25) is 0 Å². The summed E-state index contributed by atoms with van der Waals surface area (Å²) in [6, 6.07) is 0. The van der Waals surface area contributed by atoms with Crippen LogP contribution in [-0.2, 0) is 6.54 Å². The van der Waals surface area contributed by atoms with Crippen molar-refractivity contribution in [2.75, 3.05) is 0 Å². The molecule has 0 spiro atoms. The number of carbonyl (C=O) groups is 1. The van der Waals surface area contributed by atoms with Crippen molar-refractivity contribution in [1.29, 1.82) is 0 Å². The number of unbranched alkanes of at least 4 members (excludes halogenated alkanes) is 4. The van der Waals surface area contributed by atoms with E-state index in [1.54, 1.807) is 11.5 Å². The minimum absolute atomic E-state index is 0.157. The van der Waals surface area contributed by atoms with E-state index < -0.39 is 5.97 Å². The summed E-state index contributed by atoms with van der Waals surface area (Å²) in [6.45, 7) is 4.50. The normalized spacial score (nSPS) is 10.7. The maximum Gasteiger partial charge on any atom is 0.347 e. The fourth-order valence-corrected chi connectivity index (χ4v) is 2.66. The number of aromatic carboxylic acids is 1. The van der Waals surface area contributed by atoms with E-state index in [9.17, 15) is 9.59 Å². The molecule has 0 aliphatic carbocycles. The van der Waals surface area contributed by atoms with Crippen molar-refractivity contribution in [2.24, 2.45) is 0 Å². The Hall–Kier alpha value is -1.10. The van der Waals surface area contributed by atoms with Crippen LogP contribution in [0.15, 0.2) is 4.79 Å². The van der Waals surface area contributed by atoms with Gasteiger partial charge in [0, 0.05) is 12.2 Å². The van der Waals surface area contributed by atoms with E-state index in [2.05, 4.69) is 6.92 Å². The maximum atomic E-state index is 11.6. The number of nitrogens with zero attached hydrogens (tertiary/aromatic N) is 1. The Bertz CT molecular complexity index is 433. The SMILES string of the molecule is CCCCCCCn1c(C)c(C(=O)O)sc1=O. The molecule has 0 saturated carbocycles. The van der Waals surface area contributed by atoms with E-state index in [1.165, 1.54) is 19.3 Å². The first-order valence-electron chi connectivity index (χ1n) is 6.01. The Morgan fingerprint density at radius 3 is 2.47 bits per heavy atom. The standard InChI is InChI=1S/C12H19NO3S/c1-3-4-5-6-7-8-13-9(2)10(11(14)15)17-12(13)16/h3-8H2,1-2H3,(H,14,15). The Labute approximate surface area is 105 Å². The lowest BCUT2D eigenvalue weighted by atomic mass is 10.1. The van der Waals surface area contributed by atoms with Crippen LogP contribution in [0.1, 0.15) is 54.4 Å². The van der Waals surface area contributed by atoms with Gasteiger partial charge in [-0.1, -0.05) is 43.9 Å². The molecule has 1 heterocycles. The van der Waals surface area contributed by atoms with Crippen molar-refractivity contribution < 1.29 is 9.90 Å². The highest BCUT2D eigenvalue weighted by atomic mass is 32.1. The summed E-state index contributed by atoms with van der Waals surface area (Å²) in [5, 5.41) is 8.90. The van der Waals surface area contributed by atoms with E-state index in [4.69, 9.17) is 5.11 Å². The molecule has 17 heavy (non-hydrogen) atoms. The molecule has 0 atom stereocenters. The summed E-state index contributed by atoms with van der Waals surface area (Å²) in [7, 11) is 0. The molecule has 1 aromatic rings. The highest BCUT2D eigenvalue weighted by Gasteiger charge is 2.15. The lowest BCUT2D eigenvalue weighted by Crippen LogP contribution is -2.14. The third kappa shape index (κ3) is 3.70. The largest absolute Gasteiger partial charge is 0.477 e. The summed E-state index contributed by atoms with van der Waals surface area (Å²) in [4.78, 5) is 22.5. The number of hydrogen-bond donors (Lipinski definition) is 1. The molecule has 1 rings (SSSR count). The molecule has 0 aliphatic rings. The van der Waals surface area contributed by atoms with E-state index in [0.717, 1.165) is 24.2 Å². The lowest BCUT2D eigenvalue weighted by Gasteiger charge is -2.04. The van der Waals surface area contributed by atoms with Gasteiger partial charge in [-0.05, 0) is 13.3 Å². The van der Waals surface area contributed by atoms with Gasteiger partial charge < -0.3 is 9.67 Å². The quantitative estimate of drug-likeness (QED) is 0.764. The molecule has 1 N–H and O–H groups in total.